The maximum atomic E-state index is 12.0. The number of benzene rings is 1. The highest BCUT2D eigenvalue weighted by atomic mass is 16.5. The summed E-state index contributed by atoms with van der Waals surface area (Å²) in [5, 5.41) is 2.93. The smallest absolute Gasteiger partial charge is 0.224 e. The van der Waals surface area contributed by atoms with E-state index in [4.69, 9.17) is 10.5 Å². The number of nitrogens with one attached hydrogen (secondary N) is 1. The van der Waals surface area contributed by atoms with Crippen molar-refractivity contribution >= 4 is 5.91 Å². The molecule has 0 saturated carbocycles. The topological polar surface area (TPSA) is 67.6 Å². The minimum atomic E-state index is -0.203. The van der Waals surface area contributed by atoms with Crippen LogP contribution in [-0.2, 0) is 11.3 Å². The largest absolute Gasteiger partial charge is 0.492 e. The van der Waals surface area contributed by atoms with E-state index in [0.29, 0.717) is 13.2 Å². The second kappa shape index (κ2) is 10.2. The molecule has 1 aromatic rings. The van der Waals surface area contributed by atoms with Gasteiger partial charge >= 0.3 is 0 Å². The van der Waals surface area contributed by atoms with Gasteiger partial charge in [0.15, 0.2) is 0 Å². The molecule has 0 aliphatic heterocycles. The van der Waals surface area contributed by atoms with Crippen LogP contribution in [0, 0.1) is 5.92 Å². The van der Waals surface area contributed by atoms with Crippen LogP contribution in [0.15, 0.2) is 24.3 Å². The van der Waals surface area contributed by atoms with Crippen LogP contribution >= 0.6 is 0 Å². The first-order valence-electron chi connectivity index (χ1n) is 8.45. The van der Waals surface area contributed by atoms with Gasteiger partial charge < -0.3 is 20.7 Å². The molecule has 0 fully saturated rings. The number of nitrogens with zero attached hydrogens (tertiary/aromatic N) is 1. The quantitative estimate of drug-likeness (QED) is 0.692. The molecule has 0 aliphatic rings. The van der Waals surface area contributed by atoms with Gasteiger partial charge in [-0.2, -0.15) is 0 Å². The SMILES string of the molecule is CCN(CC)CCOc1ccccc1CNC(=O)C(C)C(C)N. The molecule has 0 bridgehead atoms. The molecule has 0 saturated heterocycles. The monoisotopic (exact) mass is 321 g/mol. The Bertz CT molecular complexity index is 473. The lowest BCUT2D eigenvalue weighted by molar-refractivity contribution is -0.125. The van der Waals surface area contributed by atoms with E-state index in [-0.39, 0.29) is 17.9 Å². The molecule has 2 unspecified atom stereocenters. The number of carbonyl (C=O) groups is 1. The Hall–Kier alpha value is -1.59. The Kier molecular flexibility index (Phi) is 8.66. The van der Waals surface area contributed by atoms with Crippen LogP contribution in [-0.4, -0.2) is 43.1 Å². The fourth-order valence-corrected chi connectivity index (χ4v) is 2.20. The second-order valence-corrected chi connectivity index (χ2v) is 5.85. The van der Waals surface area contributed by atoms with Gasteiger partial charge in [0.2, 0.25) is 5.91 Å². The van der Waals surface area contributed by atoms with Crippen LogP contribution in [0.1, 0.15) is 33.3 Å². The molecule has 2 atom stereocenters. The first kappa shape index (κ1) is 19.5. The van der Waals surface area contributed by atoms with Gasteiger partial charge in [0, 0.05) is 30.6 Å². The van der Waals surface area contributed by atoms with Gasteiger partial charge in [0.05, 0.1) is 0 Å². The van der Waals surface area contributed by atoms with Gasteiger partial charge in [-0.15, -0.1) is 0 Å². The number of amides is 1. The molecule has 1 rings (SSSR count). The molecule has 0 radical (unpaired) electrons. The van der Waals surface area contributed by atoms with Crippen LogP contribution < -0.4 is 15.8 Å². The molecule has 130 valence electrons. The molecular formula is C18H31N3O2. The third-order valence-electron chi connectivity index (χ3n) is 4.19. The fraction of sp³-hybridized carbons (Fsp3) is 0.611. The van der Waals surface area contributed by atoms with Crippen molar-refractivity contribution in [2.24, 2.45) is 11.7 Å². The summed E-state index contributed by atoms with van der Waals surface area (Å²) < 4.78 is 5.89. The van der Waals surface area contributed by atoms with E-state index in [1.54, 1.807) is 0 Å². The van der Waals surface area contributed by atoms with Crippen LogP contribution in [0.3, 0.4) is 0 Å². The van der Waals surface area contributed by atoms with E-state index in [0.717, 1.165) is 30.9 Å². The molecule has 5 nitrogen and oxygen atoms in total. The normalized spacial score (nSPS) is 13.7. The molecule has 1 amide bonds. The summed E-state index contributed by atoms with van der Waals surface area (Å²) in [5.74, 6) is 0.595. The Morgan fingerprint density at radius 2 is 1.91 bits per heavy atom. The zero-order valence-electron chi connectivity index (χ0n) is 14.8. The predicted molar refractivity (Wildman–Crippen MR) is 94.4 cm³/mol. The molecule has 0 heterocycles. The number of nitrogens with two attached hydrogens (primary N) is 1. The van der Waals surface area contributed by atoms with Crippen molar-refractivity contribution in [2.45, 2.75) is 40.3 Å². The Morgan fingerprint density at radius 3 is 2.52 bits per heavy atom. The van der Waals surface area contributed by atoms with Crippen LogP contribution in [0.25, 0.3) is 0 Å². The van der Waals surface area contributed by atoms with Gasteiger partial charge in [-0.05, 0) is 26.1 Å². The Balaban J connectivity index is 2.55. The molecule has 3 N–H and O–H groups in total. The van der Waals surface area contributed by atoms with Crippen LogP contribution in [0.4, 0.5) is 0 Å². The van der Waals surface area contributed by atoms with Crippen LogP contribution in [0.5, 0.6) is 5.75 Å². The Labute approximate surface area is 140 Å². The minimum Gasteiger partial charge on any atom is -0.492 e. The fourth-order valence-electron chi connectivity index (χ4n) is 2.20. The zero-order chi connectivity index (χ0) is 17.2. The molecule has 0 aromatic heterocycles. The van der Waals surface area contributed by atoms with Crippen molar-refractivity contribution < 1.29 is 9.53 Å². The number of likely N-dealkylation sites (N-methyl/N-ethyl adjacent to an activating group) is 1. The average Bonchev–Trinajstić information content (AvgIpc) is 2.56. The second-order valence-electron chi connectivity index (χ2n) is 5.85. The molecule has 0 spiro atoms. The van der Waals surface area contributed by atoms with E-state index in [1.165, 1.54) is 0 Å². The highest BCUT2D eigenvalue weighted by molar-refractivity contribution is 5.78. The number of para-hydroxylation sites is 1. The van der Waals surface area contributed by atoms with Gasteiger partial charge in [-0.3, -0.25) is 4.79 Å². The van der Waals surface area contributed by atoms with E-state index >= 15 is 0 Å². The summed E-state index contributed by atoms with van der Waals surface area (Å²) in [6.07, 6.45) is 0. The summed E-state index contributed by atoms with van der Waals surface area (Å²) in [4.78, 5) is 14.3. The lowest BCUT2D eigenvalue weighted by atomic mass is 10.0. The van der Waals surface area contributed by atoms with Crippen molar-refractivity contribution in [1.29, 1.82) is 0 Å². The van der Waals surface area contributed by atoms with Gasteiger partial charge in [0.25, 0.3) is 0 Å². The highest BCUT2D eigenvalue weighted by Gasteiger charge is 2.17. The van der Waals surface area contributed by atoms with Gasteiger partial charge in [-0.1, -0.05) is 39.0 Å². The summed E-state index contributed by atoms with van der Waals surface area (Å²) in [7, 11) is 0. The maximum Gasteiger partial charge on any atom is 0.224 e. The zero-order valence-corrected chi connectivity index (χ0v) is 14.8. The molecule has 0 aliphatic carbocycles. The van der Waals surface area contributed by atoms with Crippen molar-refractivity contribution in [3.8, 4) is 5.75 Å². The third kappa shape index (κ3) is 6.59. The minimum absolute atomic E-state index is 0.0297. The van der Waals surface area contributed by atoms with Crippen molar-refractivity contribution in [1.82, 2.24) is 10.2 Å². The van der Waals surface area contributed by atoms with Crippen molar-refractivity contribution in [3.05, 3.63) is 29.8 Å². The lowest BCUT2D eigenvalue weighted by Crippen LogP contribution is -2.38. The van der Waals surface area contributed by atoms with Crippen molar-refractivity contribution in [3.63, 3.8) is 0 Å². The van der Waals surface area contributed by atoms with E-state index in [2.05, 4.69) is 24.1 Å². The summed E-state index contributed by atoms with van der Waals surface area (Å²) in [5.41, 5.74) is 6.75. The number of ether oxygens (including phenoxy) is 1. The van der Waals surface area contributed by atoms with E-state index in [1.807, 2.05) is 38.1 Å². The summed E-state index contributed by atoms with van der Waals surface area (Å²) >= 11 is 0. The predicted octanol–water partition coefficient (Wildman–Crippen LogP) is 2.01. The molecular weight excluding hydrogens is 290 g/mol. The third-order valence-corrected chi connectivity index (χ3v) is 4.19. The summed E-state index contributed by atoms with van der Waals surface area (Å²) in [6.45, 7) is 12.0. The number of hydrogen-bond donors (Lipinski definition) is 2. The highest BCUT2D eigenvalue weighted by Crippen LogP contribution is 2.18. The number of carbonyl (C=O) groups excluding carboxylic acids is 1. The molecule has 5 heteroatoms. The molecule has 23 heavy (non-hydrogen) atoms. The lowest BCUT2D eigenvalue weighted by Gasteiger charge is -2.19. The van der Waals surface area contributed by atoms with Crippen LogP contribution in [0.2, 0.25) is 0 Å². The van der Waals surface area contributed by atoms with Crippen molar-refractivity contribution in [2.75, 3.05) is 26.2 Å². The standard InChI is InChI=1S/C18H31N3O2/c1-5-21(6-2)11-12-23-17-10-8-7-9-16(17)13-20-18(22)14(3)15(4)19/h7-10,14-15H,5-6,11-13,19H2,1-4H3,(H,20,22). The maximum absolute atomic E-state index is 12.0. The van der Waals surface area contributed by atoms with E-state index < -0.39 is 0 Å². The van der Waals surface area contributed by atoms with Gasteiger partial charge in [0.1, 0.15) is 12.4 Å². The Morgan fingerprint density at radius 1 is 1.26 bits per heavy atom. The van der Waals surface area contributed by atoms with Gasteiger partial charge in [-0.25, -0.2) is 0 Å². The number of rotatable bonds is 10. The summed E-state index contributed by atoms with van der Waals surface area (Å²) in [6, 6.07) is 7.66. The number of hydrogen-bond acceptors (Lipinski definition) is 4. The first-order chi connectivity index (χ1) is 11.0. The van der Waals surface area contributed by atoms with E-state index in [9.17, 15) is 4.79 Å². The molecule has 1 aromatic carbocycles. The average molecular weight is 321 g/mol. The first-order valence-corrected chi connectivity index (χ1v) is 8.45.